The lowest BCUT2D eigenvalue weighted by atomic mass is 10.0. The Kier molecular flexibility index (Phi) is 3.17. The summed E-state index contributed by atoms with van der Waals surface area (Å²) in [6, 6.07) is 2.88. The summed E-state index contributed by atoms with van der Waals surface area (Å²) in [5.74, 6) is 0.0779. The molecule has 0 amide bonds. The molecule has 0 saturated heterocycles. The maximum absolute atomic E-state index is 13.8. The van der Waals surface area contributed by atoms with Crippen LogP contribution in [-0.2, 0) is 7.05 Å². The number of nitrogens with two attached hydrogens (primary N) is 1. The van der Waals surface area contributed by atoms with Crippen molar-refractivity contribution in [3.63, 3.8) is 0 Å². The summed E-state index contributed by atoms with van der Waals surface area (Å²) in [5, 5.41) is 4.54. The van der Waals surface area contributed by atoms with Gasteiger partial charge in [-0.05, 0) is 18.6 Å². The summed E-state index contributed by atoms with van der Waals surface area (Å²) >= 11 is 5.98. The summed E-state index contributed by atoms with van der Waals surface area (Å²) in [6.45, 7) is 1.78. The largest absolute Gasteiger partial charge is 0.493 e. The molecule has 0 saturated carbocycles. The van der Waals surface area contributed by atoms with E-state index in [9.17, 15) is 4.39 Å². The second-order valence-electron chi connectivity index (χ2n) is 3.95. The van der Waals surface area contributed by atoms with Gasteiger partial charge in [-0.2, -0.15) is 5.10 Å². The van der Waals surface area contributed by atoms with E-state index in [2.05, 4.69) is 5.10 Å². The smallest absolute Gasteiger partial charge is 0.167 e. The van der Waals surface area contributed by atoms with Crippen LogP contribution >= 0.6 is 11.6 Å². The van der Waals surface area contributed by atoms with Gasteiger partial charge in [0.1, 0.15) is 5.82 Å². The van der Waals surface area contributed by atoms with Crippen molar-refractivity contribution in [2.45, 2.75) is 6.92 Å². The summed E-state index contributed by atoms with van der Waals surface area (Å²) < 4.78 is 20.4. The molecule has 1 heterocycles. The highest BCUT2D eigenvalue weighted by molar-refractivity contribution is 6.31. The number of hydrogen-bond acceptors (Lipinski definition) is 3. The molecular weight excluding hydrogens is 257 g/mol. The van der Waals surface area contributed by atoms with Crippen LogP contribution in [-0.4, -0.2) is 16.9 Å². The molecule has 2 aromatic rings. The zero-order valence-corrected chi connectivity index (χ0v) is 11.0. The fourth-order valence-corrected chi connectivity index (χ4v) is 2.00. The van der Waals surface area contributed by atoms with Gasteiger partial charge in [-0.15, -0.1) is 0 Å². The van der Waals surface area contributed by atoms with Gasteiger partial charge < -0.3 is 10.5 Å². The first kappa shape index (κ1) is 12.7. The first-order valence-corrected chi connectivity index (χ1v) is 5.66. The van der Waals surface area contributed by atoms with Crippen LogP contribution in [0, 0.1) is 12.7 Å². The molecule has 0 aliphatic carbocycles. The van der Waals surface area contributed by atoms with Gasteiger partial charge in [-0.3, -0.25) is 4.68 Å². The SMILES string of the molecule is COc1c(F)cc(Cl)c(C)c1-c1cc(N)n(C)n1. The number of rotatable bonds is 2. The van der Waals surface area contributed by atoms with E-state index in [0.29, 0.717) is 27.7 Å². The molecule has 18 heavy (non-hydrogen) atoms. The van der Waals surface area contributed by atoms with Crippen LogP contribution in [0.1, 0.15) is 5.56 Å². The lowest BCUT2D eigenvalue weighted by Gasteiger charge is -2.12. The predicted molar refractivity (Wildman–Crippen MR) is 69.3 cm³/mol. The van der Waals surface area contributed by atoms with Crippen molar-refractivity contribution in [2.24, 2.45) is 7.05 Å². The van der Waals surface area contributed by atoms with E-state index in [1.807, 2.05) is 0 Å². The molecule has 0 bridgehead atoms. The lowest BCUT2D eigenvalue weighted by Crippen LogP contribution is -1.98. The highest BCUT2D eigenvalue weighted by atomic mass is 35.5. The minimum Gasteiger partial charge on any atom is -0.493 e. The first-order valence-electron chi connectivity index (χ1n) is 5.28. The van der Waals surface area contributed by atoms with Crippen LogP contribution in [0.3, 0.4) is 0 Å². The molecule has 4 nitrogen and oxygen atoms in total. The Morgan fingerprint density at radius 3 is 2.61 bits per heavy atom. The molecular formula is C12H13ClFN3O. The quantitative estimate of drug-likeness (QED) is 0.912. The van der Waals surface area contributed by atoms with Crippen LogP contribution in [0.5, 0.6) is 5.75 Å². The number of anilines is 1. The lowest BCUT2D eigenvalue weighted by molar-refractivity contribution is 0.388. The standard InChI is InChI=1S/C12H13ClFN3O/c1-6-7(13)4-8(14)12(18-3)11(6)9-5-10(15)17(2)16-9/h4-5H,15H2,1-3H3. The number of halogens is 2. The Morgan fingerprint density at radius 2 is 2.11 bits per heavy atom. The van der Waals surface area contributed by atoms with Gasteiger partial charge in [-0.25, -0.2) is 4.39 Å². The average Bonchev–Trinajstić information content (AvgIpc) is 2.63. The van der Waals surface area contributed by atoms with E-state index in [1.54, 1.807) is 20.0 Å². The van der Waals surface area contributed by atoms with Crippen LogP contribution in [0.2, 0.25) is 5.02 Å². The third-order valence-electron chi connectivity index (χ3n) is 2.81. The predicted octanol–water partition coefficient (Wildman–Crippen LogP) is 2.78. The van der Waals surface area contributed by atoms with E-state index in [4.69, 9.17) is 22.1 Å². The van der Waals surface area contributed by atoms with Gasteiger partial charge in [0, 0.05) is 18.1 Å². The fourth-order valence-electron chi connectivity index (χ4n) is 1.81. The van der Waals surface area contributed by atoms with Crippen LogP contribution in [0.25, 0.3) is 11.3 Å². The van der Waals surface area contributed by atoms with E-state index in [1.165, 1.54) is 17.9 Å². The van der Waals surface area contributed by atoms with Gasteiger partial charge in [0.05, 0.1) is 18.4 Å². The number of aryl methyl sites for hydroxylation is 1. The van der Waals surface area contributed by atoms with Crippen LogP contribution in [0.4, 0.5) is 10.2 Å². The van der Waals surface area contributed by atoms with Crippen molar-refractivity contribution in [3.8, 4) is 17.0 Å². The highest BCUT2D eigenvalue weighted by Crippen LogP contribution is 2.38. The Balaban J connectivity index is 2.76. The van der Waals surface area contributed by atoms with E-state index in [0.717, 1.165) is 0 Å². The number of nitrogens with zero attached hydrogens (tertiary/aromatic N) is 2. The third kappa shape index (κ3) is 1.90. The summed E-state index contributed by atoms with van der Waals surface area (Å²) in [6.07, 6.45) is 0. The third-order valence-corrected chi connectivity index (χ3v) is 3.20. The van der Waals surface area contributed by atoms with Gasteiger partial charge >= 0.3 is 0 Å². The highest BCUT2D eigenvalue weighted by Gasteiger charge is 2.19. The number of benzene rings is 1. The molecule has 2 rings (SSSR count). The van der Waals surface area contributed by atoms with Crippen molar-refractivity contribution in [3.05, 3.63) is 28.5 Å². The second-order valence-corrected chi connectivity index (χ2v) is 4.36. The Morgan fingerprint density at radius 1 is 1.44 bits per heavy atom. The number of nitrogen functional groups attached to an aromatic ring is 1. The molecule has 0 atom stereocenters. The molecule has 0 aliphatic heterocycles. The summed E-state index contributed by atoms with van der Waals surface area (Å²) in [7, 11) is 3.11. The molecule has 0 unspecified atom stereocenters. The molecule has 0 radical (unpaired) electrons. The molecule has 0 spiro atoms. The van der Waals surface area contributed by atoms with E-state index >= 15 is 0 Å². The van der Waals surface area contributed by atoms with Crippen molar-refractivity contribution in [2.75, 3.05) is 12.8 Å². The normalized spacial score (nSPS) is 10.7. The molecule has 0 fully saturated rings. The van der Waals surface area contributed by atoms with E-state index in [-0.39, 0.29) is 5.75 Å². The van der Waals surface area contributed by atoms with Crippen molar-refractivity contribution < 1.29 is 9.13 Å². The molecule has 1 aromatic carbocycles. The fraction of sp³-hybridized carbons (Fsp3) is 0.250. The van der Waals surface area contributed by atoms with Gasteiger partial charge in [0.25, 0.3) is 0 Å². The zero-order valence-electron chi connectivity index (χ0n) is 10.3. The summed E-state index contributed by atoms with van der Waals surface area (Å²) in [4.78, 5) is 0. The van der Waals surface area contributed by atoms with Gasteiger partial charge in [0.2, 0.25) is 0 Å². The van der Waals surface area contributed by atoms with Crippen molar-refractivity contribution in [1.29, 1.82) is 0 Å². The van der Waals surface area contributed by atoms with Crippen LogP contribution < -0.4 is 10.5 Å². The van der Waals surface area contributed by atoms with Crippen molar-refractivity contribution in [1.82, 2.24) is 9.78 Å². The number of hydrogen-bond donors (Lipinski definition) is 1. The molecule has 2 N–H and O–H groups in total. The number of methoxy groups -OCH3 is 1. The summed E-state index contributed by atoms with van der Waals surface area (Å²) in [5.41, 5.74) is 7.49. The second kappa shape index (κ2) is 4.49. The Labute approximate surface area is 109 Å². The molecule has 0 aliphatic rings. The first-order chi connectivity index (χ1) is 8.45. The van der Waals surface area contributed by atoms with E-state index < -0.39 is 5.82 Å². The van der Waals surface area contributed by atoms with Crippen molar-refractivity contribution >= 4 is 17.4 Å². The van der Waals surface area contributed by atoms with Crippen LogP contribution in [0.15, 0.2) is 12.1 Å². The topological polar surface area (TPSA) is 53.1 Å². The monoisotopic (exact) mass is 269 g/mol. The minimum absolute atomic E-state index is 0.120. The Bertz CT molecular complexity index is 590. The number of aromatic nitrogens is 2. The number of ether oxygens (including phenoxy) is 1. The maximum atomic E-state index is 13.8. The molecule has 6 heteroatoms. The van der Waals surface area contributed by atoms with Gasteiger partial charge in [-0.1, -0.05) is 11.6 Å². The molecule has 1 aromatic heterocycles. The minimum atomic E-state index is -0.521. The maximum Gasteiger partial charge on any atom is 0.167 e. The van der Waals surface area contributed by atoms with Gasteiger partial charge in [0.15, 0.2) is 11.6 Å². The Hall–Kier alpha value is -1.75. The average molecular weight is 270 g/mol. The molecule has 96 valence electrons. The zero-order chi connectivity index (χ0) is 13.4.